The second-order valence-electron chi connectivity index (χ2n) is 5.03. The Kier molecular flexibility index (Phi) is 4.74. The van der Waals surface area contributed by atoms with Crippen LogP contribution in [0.4, 0.5) is 5.69 Å². The molecule has 0 aliphatic rings. The van der Waals surface area contributed by atoms with Gasteiger partial charge in [-0.1, -0.05) is 32.0 Å². The van der Waals surface area contributed by atoms with E-state index < -0.39 is 0 Å². The molecule has 2 aromatic rings. The minimum absolute atomic E-state index is 0.250. The Morgan fingerprint density at radius 1 is 1.32 bits per heavy atom. The van der Waals surface area contributed by atoms with Gasteiger partial charge in [-0.25, -0.2) is 0 Å². The standard InChI is InChI=1S/C16H22N2O/c1-3-13-10-16(17-11-12(2)8-9-19)14-6-4-5-7-15(14)18-13/h4-7,10,12,19H,3,8-9,11H2,1-2H3,(H,17,18). The van der Waals surface area contributed by atoms with Crippen LogP contribution in [-0.2, 0) is 6.42 Å². The predicted octanol–water partition coefficient (Wildman–Crippen LogP) is 3.23. The van der Waals surface area contributed by atoms with Gasteiger partial charge >= 0.3 is 0 Å². The number of aliphatic hydroxyl groups excluding tert-OH is 1. The van der Waals surface area contributed by atoms with Crippen molar-refractivity contribution in [3.63, 3.8) is 0 Å². The molecule has 3 heteroatoms. The summed E-state index contributed by atoms with van der Waals surface area (Å²) in [5.74, 6) is 0.460. The summed E-state index contributed by atoms with van der Waals surface area (Å²) in [6, 6.07) is 10.3. The van der Waals surface area contributed by atoms with Crippen LogP contribution in [0.2, 0.25) is 0 Å². The number of hydrogen-bond acceptors (Lipinski definition) is 3. The largest absolute Gasteiger partial charge is 0.396 e. The van der Waals surface area contributed by atoms with Crippen molar-refractivity contribution in [2.45, 2.75) is 26.7 Å². The summed E-state index contributed by atoms with van der Waals surface area (Å²) in [6.07, 6.45) is 1.77. The SMILES string of the molecule is CCc1cc(NCC(C)CCO)c2ccccc2n1. The van der Waals surface area contributed by atoms with Crippen LogP contribution >= 0.6 is 0 Å². The van der Waals surface area contributed by atoms with Gasteiger partial charge in [-0.3, -0.25) is 4.98 Å². The molecule has 0 fully saturated rings. The topological polar surface area (TPSA) is 45.1 Å². The van der Waals surface area contributed by atoms with Crippen molar-refractivity contribution in [3.8, 4) is 0 Å². The van der Waals surface area contributed by atoms with Crippen LogP contribution in [0.3, 0.4) is 0 Å². The van der Waals surface area contributed by atoms with Crippen molar-refractivity contribution < 1.29 is 5.11 Å². The number of para-hydroxylation sites is 1. The molecule has 102 valence electrons. The molecule has 0 aliphatic heterocycles. The molecule has 1 atom stereocenters. The summed E-state index contributed by atoms with van der Waals surface area (Å²) in [6.45, 7) is 5.39. The molecule has 19 heavy (non-hydrogen) atoms. The smallest absolute Gasteiger partial charge is 0.0726 e. The summed E-state index contributed by atoms with van der Waals surface area (Å²) in [5.41, 5.74) is 3.29. The summed E-state index contributed by atoms with van der Waals surface area (Å²) in [4.78, 5) is 4.64. The number of nitrogens with zero attached hydrogens (tertiary/aromatic N) is 1. The average Bonchev–Trinajstić information content (AvgIpc) is 2.44. The zero-order chi connectivity index (χ0) is 13.7. The summed E-state index contributed by atoms with van der Waals surface area (Å²) < 4.78 is 0. The van der Waals surface area contributed by atoms with E-state index in [1.54, 1.807) is 0 Å². The molecule has 2 rings (SSSR count). The van der Waals surface area contributed by atoms with E-state index in [9.17, 15) is 0 Å². The Labute approximate surface area is 114 Å². The first-order chi connectivity index (χ1) is 9.24. The van der Waals surface area contributed by atoms with Crippen molar-refractivity contribution in [2.75, 3.05) is 18.5 Å². The summed E-state index contributed by atoms with van der Waals surface area (Å²) in [5, 5.41) is 13.6. The zero-order valence-electron chi connectivity index (χ0n) is 11.7. The molecule has 1 heterocycles. The van der Waals surface area contributed by atoms with Gasteiger partial charge in [0.2, 0.25) is 0 Å². The Balaban J connectivity index is 2.25. The summed E-state index contributed by atoms with van der Waals surface area (Å²) >= 11 is 0. The maximum atomic E-state index is 8.95. The number of benzene rings is 1. The number of pyridine rings is 1. The summed E-state index contributed by atoms with van der Waals surface area (Å²) in [7, 11) is 0. The van der Waals surface area contributed by atoms with E-state index in [2.05, 4.69) is 42.3 Å². The van der Waals surface area contributed by atoms with E-state index in [0.717, 1.165) is 41.7 Å². The molecule has 2 N–H and O–H groups in total. The molecule has 0 radical (unpaired) electrons. The monoisotopic (exact) mass is 258 g/mol. The van der Waals surface area contributed by atoms with Crippen LogP contribution in [0, 0.1) is 5.92 Å². The fraction of sp³-hybridized carbons (Fsp3) is 0.438. The maximum absolute atomic E-state index is 8.95. The molecular weight excluding hydrogens is 236 g/mol. The first-order valence-electron chi connectivity index (χ1n) is 6.98. The van der Waals surface area contributed by atoms with Crippen molar-refractivity contribution in [1.29, 1.82) is 0 Å². The number of aliphatic hydroxyl groups is 1. The van der Waals surface area contributed by atoms with Crippen LogP contribution < -0.4 is 5.32 Å². The Morgan fingerprint density at radius 2 is 2.11 bits per heavy atom. The number of nitrogens with one attached hydrogen (secondary N) is 1. The molecule has 0 saturated heterocycles. The van der Waals surface area contributed by atoms with E-state index in [1.165, 1.54) is 0 Å². The highest BCUT2D eigenvalue weighted by Gasteiger charge is 2.06. The van der Waals surface area contributed by atoms with Gasteiger partial charge in [0.05, 0.1) is 5.52 Å². The Hall–Kier alpha value is -1.61. The number of fused-ring (bicyclic) bond motifs is 1. The fourth-order valence-electron chi connectivity index (χ4n) is 2.16. The molecule has 0 amide bonds. The third-order valence-corrected chi connectivity index (χ3v) is 3.39. The predicted molar refractivity (Wildman–Crippen MR) is 80.5 cm³/mol. The molecule has 3 nitrogen and oxygen atoms in total. The van der Waals surface area contributed by atoms with Gasteiger partial charge in [0.15, 0.2) is 0 Å². The second kappa shape index (κ2) is 6.53. The van der Waals surface area contributed by atoms with Crippen LogP contribution in [0.25, 0.3) is 10.9 Å². The second-order valence-corrected chi connectivity index (χ2v) is 5.03. The molecule has 1 unspecified atom stereocenters. The van der Waals surface area contributed by atoms with E-state index in [-0.39, 0.29) is 6.61 Å². The van der Waals surface area contributed by atoms with Gasteiger partial charge in [0.1, 0.15) is 0 Å². The molecule has 1 aromatic carbocycles. The van der Waals surface area contributed by atoms with Crippen molar-refractivity contribution in [1.82, 2.24) is 4.98 Å². The Morgan fingerprint density at radius 3 is 2.84 bits per heavy atom. The van der Waals surface area contributed by atoms with Gasteiger partial charge in [-0.2, -0.15) is 0 Å². The van der Waals surface area contributed by atoms with Gasteiger partial charge in [0.25, 0.3) is 0 Å². The van der Waals surface area contributed by atoms with E-state index >= 15 is 0 Å². The Bertz CT molecular complexity index is 539. The normalized spacial score (nSPS) is 12.6. The van der Waals surface area contributed by atoms with Crippen LogP contribution in [-0.4, -0.2) is 23.2 Å². The first kappa shape index (κ1) is 13.8. The number of aromatic nitrogens is 1. The van der Waals surface area contributed by atoms with Gasteiger partial charge in [-0.05, 0) is 30.9 Å². The fourth-order valence-corrected chi connectivity index (χ4v) is 2.16. The lowest BCUT2D eigenvalue weighted by Crippen LogP contribution is -2.13. The molecular formula is C16H22N2O. The lowest BCUT2D eigenvalue weighted by Gasteiger charge is -2.15. The van der Waals surface area contributed by atoms with Crippen molar-refractivity contribution >= 4 is 16.6 Å². The molecule has 0 aliphatic carbocycles. The van der Waals surface area contributed by atoms with E-state index in [0.29, 0.717) is 5.92 Å². The van der Waals surface area contributed by atoms with Crippen molar-refractivity contribution in [2.24, 2.45) is 5.92 Å². The minimum atomic E-state index is 0.250. The van der Waals surface area contributed by atoms with Crippen molar-refractivity contribution in [3.05, 3.63) is 36.0 Å². The number of rotatable bonds is 6. The number of aryl methyl sites for hydroxylation is 1. The highest BCUT2D eigenvalue weighted by atomic mass is 16.3. The van der Waals surface area contributed by atoms with Crippen LogP contribution in [0.1, 0.15) is 26.0 Å². The quantitative estimate of drug-likeness (QED) is 0.836. The highest BCUT2D eigenvalue weighted by Crippen LogP contribution is 2.23. The lowest BCUT2D eigenvalue weighted by atomic mass is 10.1. The maximum Gasteiger partial charge on any atom is 0.0726 e. The molecule has 1 aromatic heterocycles. The number of hydrogen-bond donors (Lipinski definition) is 2. The number of anilines is 1. The van der Waals surface area contributed by atoms with Gasteiger partial charge in [-0.15, -0.1) is 0 Å². The first-order valence-corrected chi connectivity index (χ1v) is 6.98. The highest BCUT2D eigenvalue weighted by molar-refractivity contribution is 5.91. The van der Waals surface area contributed by atoms with Gasteiger partial charge in [0, 0.05) is 29.9 Å². The molecule has 0 bridgehead atoms. The minimum Gasteiger partial charge on any atom is -0.396 e. The molecule has 0 saturated carbocycles. The van der Waals surface area contributed by atoms with Crippen LogP contribution in [0.15, 0.2) is 30.3 Å². The third kappa shape index (κ3) is 3.44. The zero-order valence-corrected chi connectivity index (χ0v) is 11.7. The van der Waals surface area contributed by atoms with Gasteiger partial charge < -0.3 is 10.4 Å². The third-order valence-electron chi connectivity index (χ3n) is 3.39. The molecule has 0 spiro atoms. The van der Waals surface area contributed by atoms with E-state index in [4.69, 9.17) is 5.11 Å². The average molecular weight is 258 g/mol. The van der Waals surface area contributed by atoms with E-state index in [1.807, 2.05) is 12.1 Å². The van der Waals surface area contributed by atoms with Crippen LogP contribution in [0.5, 0.6) is 0 Å². The lowest BCUT2D eigenvalue weighted by molar-refractivity contribution is 0.266.